The molecule has 1 unspecified atom stereocenters. The fraction of sp³-hybridized carbons (Fsp3) is 0.357. The zero-order chi connectivity index (χ0) is 15.6. The minimum Gasteiger partial charge on any atom is -0.361 e. The average molecular weight is 299 g/mol. The molecule has 0 aliphatic rings. The smallest absolute Gasteiger partial charge is 0.361 e. The van der Waals surface area contributed by atoms with E-state index in [1.807, 2.05) is 24.3 Å². The van der Waals surface area contributed by atoms with Gasteiger partial charge in [-0.3, -0.25) is 4.79 Å². The summed E-state index contributed by atoms with van der Waals surface area (Å²) in [5, 5.41) is 0.916. The number of benzene rings is 1. The summed E-state index contributed by atoms with van der Waals surface area (Å²) < 4.78 is 36.8. The zero-order valence-corrected chi connectivity index (χ0v) is 11.4. The Morgan fingerprint density at radius 3 is 2.71 bits per heavy atom. The molecule has 0 fully saturated rings. The van der Waals surface area contributed by atoms with Crippen LogP contribution in [0.15, 0.2) is 30.5 Å². The van der Waals surface area contributed by atoms with Crippen LogP contribution < -0.4 is 5.73 Å². The molecule has 114 valence electrons. The lowest BCUT2D eigenvalue weighted by Crippen LogP contribution is -2.46. The molecule has 0 aliphatic heterocycles. The van der Waals surface area contributed by atoms with Crippen molar-refractivity contribution in [1.29, 1.82) is 0 Å². The molecule has 0 bridgehead atoms. The molecule has 4 nitrogen and oxygen atoms in total. The summed E-state index contributed by atoms with van der Waals surface area (Å²) in [7, 11) is 1.10. The van der Waals surface area contributed by atoms with Crippen LogP contribution in [0.4, 0.5) is 13.2 Å². The number of likely N-dealkylation sites (N-methyl/N-ethyl adjacent to an activating group) is 1. The van der Waals surface area contributed by atoms with E-state index < -0.39 is 24.7 Å². The van der Waals surface area contributed by atoms with E-state index in [-0.39, 0.29) is 6.42 Å². The largest absolute Gasteiger partial charge is 0.406 e. The van der Waals surface area contributed by atoms with Crippen LogP contribution in [0.3, 0.4) is 0 Å². The molecule has 21 heavy (non-hydrogen) atoms. The van der Waals surface area contributed by atoms with Crippen LogP contribution in [0, 0.1) is 0 Å². The lowest BCUT2D eigenvalue weighted by molar-refractivity contribution is -0.159. The van der Waals surface area contributed by atoms with Gasteiger partial charge in [-0.05, 0) is 18.1 Å². The molecule has 0 saturated carbocycles. The van der Waals surface area contributed by atoms with Crippen LogP contribution in [0.2, 0.25) is 0 Å². The number of H-pyrrole nitrogens is 1. The van der Waals surface area contributed by atoms with Gasteiger partial charge in [0.2, 0.25) is 5.91 Å². The van der Waals surface area contributed by atoms with Crippen LogP contribution >= 0.6 is 0 Å². The van der Waals surface area contributed by atoms with E-state index in [1.165, 1.54) is 0 Å². The maximum atomic E-state index is 12.3. The van der Waals surface area contributed by atoms with Gasteiger partial charge in [-0.2, -0.15) is 13.2 Å². The molecule has 0 spiro atoms. The Bertz CT molecular complexity index is 636. The minimum atomic E-state index is -4.43. The first-order valence-electron chi connectivity index (χ1n) is 6.40. The van der Waals surface area contributed by atoms with Crippen LogP contribution in [0.5, 0.6) is 0 Å². The van der Waals surface area contributed by atoms with Crippen LogP contribution in [0.25, 0.3) is 10.9 Å². The molecule has 1 aromatic carbocycles. The minimum absolute atomic E-state index is 0.186. The third-order valence-electron chi connectivity index (χ3n) is 3.22. The van der Waals surface area contributed by atoms with Crippen LogP contribution in [0.1, 0.15) is 5.56 Å². The van der Waals surface area contributed by atoms with Gasteiger partial charge in [0.15, 0.2) is 0 Å². The number of alkyl halides is 3. The predicted octanol–water partition coefficient (Wildman–Crippen LogP) is 2.06. The highest BCUT2D eigenvalue weighted by Gasteiger charge is 2.32. The first-order valence-corrected chi connectivity index (χ1v) is 6.40. The number of carbonyl (C=O) groups excluding carboxylic acids is 1. The highest BCUT2D eigenvalue weighted by Crippen LogP contribution is 2.20. The normalized spacial score (nSPS) is 13.4. The standard InChI is InChI=1S/C14H16F3N3O/c1-20(8-14(15,16)17)13(21)11(18)6-9-7-19-12-5-3-2-4-10(9)12/h2-5,7,11,19H,6,8,18H2,1H3. The molecule has 0 saturated heterocycles. The Hall–Kier alpha value is -2.02. The van der Waals surface area contributed by atoms with Crippen LogP contribution in [-0.4, -0.2) is 41.6 Å². The number of aromatic amines is 1. The number of rotatable bonds is 4. The van der Waals surface area contributed by atoms with Gasteiger partial charge < -0.3 is 15.6 Å². The van der Waals surface area contributed by atoms with Gasteiger partial charge in [0.05, 0.1) is 6.04 Å². The summed E-state index contributed by atoms with van der Waals surface area (Å²) in [6.45, 7) is -1.30. The second-order valence-corrected chi connectivity index (χ2v) is 4.98. The molecule has 1 heterocycles. The van der Waals surface area contributed by atoms with E-state index in [2.05, 4.69) is 4.98 Å². The summed E-state index contributed by atoms with van der Waals surface area (Å²) in [5.41, 5.74) is 7.46. The number of amides is 1. The second-order valence-electron chi connectivity index (χ2n) is 4.98. The highest BCUT2D eigenvalue weighted by atomic mass is 19.4. The summed E-state index contributed by atoms with van der Waals surface area (Å²) in [5.74, 6) is -0.724. The van der Waals surface area contributed by atoms with Crippen molar-refractivity contribution in [3.8, 4) is 0 Å². The van der Waals surface area contributed by atoms with E-state index in [1.54, 1.807) is 6.20 Å². The molecular formula is C14H16F3N3O. The van der Waals surface area contributed by atoms with Gasteiger partial charge in [0.1, 0.15) is 6.54 Å². The van der Waals surface area contributed by atoms with E-state index in [4.69, 9.17) is 5.73 Å². The monoisotopic (exact) mass is 299 g/mol. The number of nitrogens with two attached hydrogens (primary N) is 1. The Kier molecular flexibility index (Phi) is 4.22. The van der Waals surface area contributed by atoms with Crippen molar-refractivity contribution in [3.63, 3.8) is 0 Å². The van der Waals surface area contributed by atoms with Crippen molar-refractivity contribution >= 4 is 16.8 Å². The first kappa shape index (κ1) is 15.4. The number of fused-ring (bicyclic) bond motifs is 1. The van der Waals surface area contributed by atoms with Crippen molar-refractivity contribution in [3.05, 3.63) is 36.0 Å². The molecule has 1 amide bonds. The van der Waals surface area contributed by atoms with Gasteiger partial charge in [0.25, 0.3) is 0 Å². The zero-order valence-electron chi connectivity index (χ0n) is 11.4. The third kappa shape index (κ3) is 3.75. The van der Waals surface area contributed by atoms with Gasteiger partial charge in [-0.15, -0.1) is 0 Å². The second kappa shape index (κ2) is 5.77. The fourth-order valence-electron chi connectivity index (χ4n) is 2.25. The summed E-state index contributed by atoms with van der Waals surface area (Å²) >= 11 is 0. The molecular weight excluding hydrogens is 283 g/mol. The maximum absolute atomic E-state index is 12.3. The molecule has 7 heteroatoms. The molecule has 2 rings (SSSR count). The van der Waals surface area contributed by atoms with Crippen LogP contribution in [-0.2, 0) is 11.2 Å². The number of para-hydroxylation sites is 1. The number of hydrogen-bond donors (Lipinski definition) is 2. The van der Waals surface area contributed by atoms with Gasteiger partial charge in [0, 0.05) is 24.1 Å². The van der Waals surface area contributed by atoms with Crippen molar-refractivity contribution < 1.29 is 18.0 Å². The molecule has 1 atom stereocenters. The first-order chi connectivity index (χ1) is 9.78. The highest BCUT2D eigenvalue weighted by molar-refractivity contribution is 5.86. The molecule has 3 N–H and O–H groups in total. The lowest BCUT2D eigenvalue weighted by atomic mass is 10.0. The quantitative estimate of drug-likeness (QED) is 0.907. The predicted molar refractivity (Wildman–Crippen MR) is 73.7 cm³/mol. The molecule has 2 aromatic rings. The third-order valence-corrected chi connectivity index (χ3v) is 3.22. The van der Waals surface area contributed by atoms with E-state index in [0.717, 1.165) is 23.5 Å². The molecule has 1 aromatic heterocycles. The van der Waals surface area contributed by atoms with Crippen molar-refractivity contribution in [2.45, 2.75) is 18.6 Å². The Labute approximate surface area is 119 Å². The number of nitrogens with zero attached hydrogens (tertiary/aromatic N) is 1. The van der Waals surface area contributed by atoms with E-state index in [9.17, 15) is 18.0 Å². The topological polar surface area (TPSA) is 62.1 Å². The number of aromatic nitrogens is 1. The Morgan fingerprint density at radius 1 is 1.38 bits per heavy atom. The summed E-state index contributed by atoms with van der Waals surface area (Å²) in [4.78, 5) is 15.5. The lowest BCUT2D eigenvalue weighted by Gasteiger charge is -2.22. The Balaban J connectivity index is 2.07. The maximum Gasteiger partial charge on any atom is 0.406 e. The number of halogens is 3. The number of hydrogen-bond acceptors (Lipinski definition) is 2. The molecule has 0 aliphatic carbocycles. The van der Waals surface area contributed by atoms with Crippen molar-refractivity contribution in [2.24, 2.45) is 5.73 Å². The fourth-order valence-corrected chi connectivity index (χ4v) is 2.25. The number of nitrogens with one attached hydrogen (secondary N) is 1. The van der Waals surface area contributed by atoms with Gasteiger partial charge >= 0.3 is 6.18 Å². The van der Waals surface area contributed by atoms with Crippen molar-refractivity contribution in [1.82, 2.24) is 9.88 Å². The van der Waals surface area contributed by atoms with Crippen molar-refractivity contribution in [2.75, 3.05) is 13.6 Å². The summed E-state index contributed by atoms with van der Waals surface area (Å²) in [6.07, 6.45) is -2.52. The van der Waals surface area contributed by atoms with Gasteiger partial charge in [-0.1, -0.05) is 18.2 Å². The average Bonchev–Trinajstić information content (AvgIpc) is 2.79. The Morgan fingerprint density at radius 2 is 2.05 bits per heavy atom. The number of carbonyl (C=O) groups is 1. The van der Waals surface area contributed by atoms with E-state index in [0.29, 0.717) is 4.90 Å². The summed E-state index contributed by atoms with van der Waals surface area (Å²) in [6, 6.07) is 6.46. The molecule has 0 radical (unpaired) electrons. The SMILES string of the molecule is CN(CC(F)(F)F)C(=O)C(N)Cc1c[nH]c2ccccc12. The van der Waals surface area contributed by atoms with E-state index >= 15 is 0 Å². The van der Waals surface area contributed by atoms with Gasteiger partial charge in [-0.25, -0.2) is 0 Å².